The SMILES string of the molecule is CCC1OCCC1CNCc1cc(F)c(O)c(F)c1. The number of phenols is 1. The molecule has 0 bridgehead atoms. The third kappa shape index (κ3) is 3.42. The Hall–Kier alpha value is -1.20. The fourth-order valence-electron chi connectivity index (χ4n) is 2.50. The number of halogens is 2. The van der Waals surface area contributed by atoms with Crippen LogP contribution in [0.2, 0.25) is 0 Å². The molecule has 0 radical (unpaired) electrons. The molecular weight excluding hydrogens is 252 g/mol. The van der Waals surface area contributed by atoms with Crippen LogP contribution in [0, 0.1) is 17.6 Å². The van der Waals surface area contributed by atoms with Crippen molar-refractivity contribution < 1.29 is 18.6 Å². The number of aromatic hydroxyl groups is 1. The highest BCUT2D eigenvalue weighted by Gasteiger charge is 2.25. The number of rotatable bonds is 5. The van der Waals surface area contributed by atoms with Gasteiger partial charge in [0.15, 0.2) is 17.4 Å². The minimum atomic E-state index is -0.924. The van der Waals surface area contributed by atoms with E-state index >= 15 is 0 Å². The number of benzene rings is 1. The molecule has 1 aromatic rings. The molecule has 2 N–H and O–H groups in total. The van der Waals surface area contributed by atoms with Gasteiger partial charge in [-0.15, -0.1) is 0 Å². The van der Waals surface area contributed by atoms with Crippen LogP contribution in [0.5, 0.6) is 5.75 Å². The van der Waals surface area contributed by atoms with E-state index in [1.807, 2.05) is 0 Å². The second kappa shape index (κ2) is 6.30. The number of hydrogen-bond donors (Lipinski definition) is 2. The first kappa shape index (κ1) is 14.2. The van der Waals surface area contributed by atoms with Crippen molar-refractivity contribution in [3.8, 4) is 5.75 Å². The van der Waals surface area contributed by atoms with Crippen molar-refractivity contribution in [2.45, 2.75) is 32.4 Å². The quantitative estimate of drug-likeness (QED) is 0.865. The zero-order chi connectivity index (χ0) is 13.8. The average Bonchev–Trinajstić information content (AvgIpc) is 2.83. The molecular formula is C14H19F2NO2. The van der Waals surface area contributed by atoms with E-state index in [9.17, 15) is 8.78 Å². The van der Waals surface area contributed by atoms with Gasteiger partial charge in [-0.3, -0.25) is 0 Å². The van der Waals surface area contributed by atoms with Crippen LogP contribution in [-0.4, -0.2) is 24.4 Å². The van der Waals surface area contributed by atoms with Gasteiger partial charge in [0.1, 0.15) is 0 Å². The minimum absolute atomic E-state index is 0.279. The van der Waals surface area contributed by atoms with Crippen LogP contribution in [-0.2, 0) is 11.3 Å². The van der Waals surface area contributed by atoms with Gasteiger partial charge in [0.05, 0.1) is 6.10 Å². The highest BCUT2D eigenvalue weighted by atomic mass is 19.1. The minimum Gasteiger partial charge on any atom is -0.503 e. The predicted octanol–water partition coefficient (Wildman–Crippen LogP) is 2.58. The maximum absolute atomic E-state index is 13.1. The van der Waals surface area contributed by atoms with Crippen molar-refractivity contribution in [2.24, 2.45) is 5.92 Å². The van der Waals surface area contributed by atoms with E-state index in [4.69, 9.17) is 9.84 Å². The van der Waals surface area contributed by atoms with Crippen molar-refractivity contribution in [1.29, 1.82) is 0 Å². The molecule has 2 atom stereocenters. The Morgan fingerprint density at radius 1 is 1.37 bits per heavy atom. The zero-order valence-corrected chi connectivity index (χ0v) is 11.0. The van der Waals surface area contributed by atoms with E-state index in [0.29, 0.717) is 18.0 Å². The first-order valence-electron chi connectivity index (χ1n) is 6.61. The molecule has 0 aliphatic carbocycles. The van der Waals surface area contributed by atoms with Crippen LogP contribution in [0.3, 0.4) is 0 Å². The summed E-state index contributed by atoms with van der Waals surface area (Å²) in [6, 6.07) is 2.29. The highest BCUT2D eigenvalue weighted by molar-refractivity contribution is 5.29. The van der Waals surface area contributed by atoms with E-state index in [2.05, 4.69) is 12.2 Å². The van der Waals surface area contributed by atoms with Gasteiger partial charge in [0.25, 0.3) is 0 Å². The lowest BCUT2D eigenvalue weighted by atomic mass is 9.99. The molecule has 0 spiro atoms. The fraction of sp³-hybridized carbons (Fsp3) is 0.571. The van der Waals surface area contributed by atoms with Crippen LogP contribution in [0.25, 0.3) is 0 Å². The Morgan fingerprint density at radius 3 is 2.68 bits per heavy atom. The fourth-order valence-corrected chi connectivity index (χ4v) is 2.50. The zero-order valence-electron chi connectivity index (χ0n) is 11.0. The molecule has 3 nitrogen and oxygen atoms in total. The van der Waals surface area contributed by atoms with E-state index < -0.39 is 17.4 Å². The molecule has 0 amide bonds. The number of ether oxygens (including phenoxy) is 1. The summed E-state index contributed by atoms with van der Waals surface area (Å²) >= 11 is 0. The predicted molar refractivity (Wildman–Crippen MR) is 67.9 cm³/mol. The molecule has 2 unspecified atom stereocenters. The smallest absolute Gasteiger partial charge is 0.187 e. The Balaban J connectivity index is 1.86. The third-order valence-electron chi connectivity index (χ3n) is 3.56. The Morgan fingerprint density at radius 2 is 2.05 bits per heavy atom. The molecule has 2 rings (SSSR count). The summed E-state index contributed by atoms with van der Waals surface area (Å²) in [7, 11) is 0. The van der Waals surface area contributed by atoms with E-state index in [0.717, 1.165) is 38.1 Å². The maximum atomic E-state index is 13.1. The summed E-state index contributed by atoms with van der Waals surface area (Å²) in [6.45, 7) is 4.02. The summed E-state index contributed by atoms with van der Waals surface area (Å²) in [5.41, 5.74) is 0.486. The van der Waals surface area contributed by atoms with E-state index in [1.54, 1.807) is 0 Å². The van der Waals surface area contributed by atoms with Gasteiger partial charge < -0.3 is 15.2 Å². The first-order chi connectivity index (χ1) is 9.11. The summed E-state index contributed by atoms with van der Waals surface area (Å²) in [4.78, 5) is 0. The summed E-state index contributed by atoms with van der Waals surface area (Å²) in [5, 5.41) is 12.2. The monoisotopic (exact) mass is 271 g/mol. The summed E-state index contributed by atoms with van der Waals surface area (Å²) in [5.74, 6) is -2.31. The van der Waals surface area contributed by atoms with Crippen LogP contribution in [0.4, 0.5) is 8.78 Å². The topological polar surface area (TPSA) is 41.5 Å². The molecule has 5 heteroatoms. The first-order valence-corrected chi connectivity index (χ1v) is 6.61. The van der Waals surface area contributed by atoms with Crippen LogP contribution < -0.4 is 5.32 Å². The maximum Gasteiger partial charge on any atom is 0.187 e. The van der Waals surface area contributed by atoms with Crippen molar-refractivity contribution >= 4 is 0 Å². The average molecular weight is 271 g/mol. The normalized spacial score (nSPS) is 22.9. The van der Waals surface area contributed by atoms with Crippen LogP contribution >= 0.6 is 0 Å². The number of nitrogens with one attached hydrogen (secondary N) is 1. The molecule has 19 heavy (non-hydrogen) atoms. The Labute approximate surface area is 111 Å². The molecule has 0 saturated carbocycles. The van der Waals surface area contributed by atoms with Crippen LogP contribution in [0.15, 0.2) is 12.1 Å². The van der Waals surface area contributed by atoms with Gasteiger partial charge in [-0.2, -0.15) is 0 Å². The van der Waals surface area contributed by atoms with E-state index in [1.165, 1.54) is 0 Å². The standard InChI is InChI=1S/C14H19F2NO2/c1-2-13-10(3-4-19-13)8-17-7-9-5-11(15)14(18)12(16)6-9/h5-6,10,13,17-18H,2-4,7-8H2,1H3. The van der Waals surface area contributed by atoms with Gasteiger partial charge >= 0.3 is 0 Å². The molecule has 1 aliphatic heterocycles. The van der Waals surface area contributed by atoms with Gasteiger partial charge in [0.2, 0.25) is 0 Å². The van der Waals surface area contributed by atoms with Crippen LogP contribution in [0.1, 0.15) is 25.3 Å². The second-order valence-corrected chi connectivity index (χ2v) is 4.91. The second-order valence-electron chi connectivity index (χ2n) is 4.91. The lowest BCUT2D eigenvalue weighted by Crippen LogP contribution is -2.28. The third-order valence-corrected chi connectivity index (χ3v) is 3.56. The molecule has 1 saturated heterocycles. The summed E-state index contributed by atoms with van der Waals surface area (Å²) in [6.07, 6.45) is 2.28. The lowest BCUT2D eigenvalue weighted by molar-refractivity contribution is 0.0872. The van der Waals surface area contributed by atoms with Gasteiger partial charge in [0, 0.05) is 19.7 Å². The Kier molecular flexibility index (Phi) is 4.71. The van der Waals surface area contributed by atoms with Crippen molar-refractivity contribution in [2.75, 3.05) is 13.2 Å². The Bertz CT molecular complexity index is 416. The van der Waals surface area contributed by atoms with Gasteiger partial charge in [-0.1, -0.05) is 6.92 Å². The lowest BCUT2D eigenvalue weighted by Gasteiger charge is -2.17. The molecule has 1 aromatic carbocycles. The van der Waals surface area contributed by atoms with E-state index in [-0.39, 0.29) is 6.10 Å². The van der Waals surface area contributed by atoms with Crippen molar-refractivity contribution in [3.05, 3.63) is 29.3 Å². The largest absolute Gasteiger partial charge is 0.503 e. The van der Waals surface area contributed by atoms with Gasteiger partial charge in [-0.05, 0) is 36.5 Å². The highest BCUT2D eigenvalue weighted by Crippen LogP contribution is 2.23. The molecule has 1 heterocycles. The molecule has 1 aliphatic rings. The number of hydrogen-bond acceptors (Lipinski definition) is 3. The molecule has 106 valence electrons. The van der Waals surface area contributed by atoms with Crippen molar-refractivity contribution in [1.82, 2.24) is 5.32 Å². The molecule has 1 fully saturated rings. The summed E-state index contributed by atoms with van der Waals surface area (Å²) < 4.78 is 31.9. The number of phenolic OH excluding ortho intramolecular Hbond substituents is 1. The van der Waals surface area contributed by atoms with Crippen molar-refractivity contribution in [3.63, 3.8) is 0 Å². The molecule has 0 aromatic heterocycles. The van der Waals surface area contributed by atoms with Gasteiger partial charge in [-0.25, -0.2) is 8.78 Å².